The van der Waals surface area contributed by atoms with Crippen molar-refractivity contribution in [2.24, 2.45) is 0 Å². The molecule has 1 amide bonds. The highest BCUT2D eigenvalue weighted by Crippen LogP contribution is 2.24. The van der Waals surface area contributed by atoms with Gasteiger partial charge in [0.25, 0.3) is 0 Å². The van der Waals surface area contributed by atoms with E-state index in [4.69, 9.17) is 4.74 Å². The van der Waals surface area contributed by atoms with Gasteiger partial charge in [-0.15, -0.1) is 0 Å². The topological polar surface area (TPSA) is 41.6 Å². The van der Waals surface area contributed by atoms with E-state index in [0.717, 1.165) is 5.56 Å². The molecule has 5 heteroatoms. The van der Waals surface area contributed by atoms with Gasteiger partial charge < -0.3 is 10.1 Å². The predicted octanol–water partition coefficient (Wildman–Crippen LogP) is 2.84. The number of carbonyl (C=O) groups excluding carboxylic acids is 1. The number of carbonyl (C=O) groups is 1. The fourth-order valence-electron chi connectivity index (χ4n) is 2.78. The molecule has 0 spiro atoms. The number of nitrogens with zero attached hydrogens (tertiary/aromatic N) is 1. The number of ether oxygens (including phenoxy) is 1. The molecule has 2 aromatic rings. The maximum Gasteiger partial charge on any atom is 0.246 e. The molecule has 23 heavy (non-hydrogen) atoms. The molecular weight excluding hydrogens is 295 g/mol. The molecule has 1 atom stereocenters. The van der Waals surface area contributed by atoms with Crippen molar-refractivity contribution in [2.45, 2.75) is 6.04 Å². The lowest BCUT2D eigenvalue weighted by Crippen LogP contribution is -2.43. The predicted molar refractivity (Wildman–Crippen MR) is 86.6 cm³/mol. The van der Waals surface area contributed by atoms with E-state index in [1.165, 1.54) is 12.1 Å². The minimum absolute atomic E-state index is 0.163. The Morgan fingerprint density at radius 2 is 1.83 bits per heavy atom. The maximum absolute atomic E-state index is 13.3. The van der Waals surface area contributed by atoms with E-state index >= 15 is 0 Å². The van der Waals surface area contributed by atoms with E-state index in [-0.39, 0.29) is 11.7 Å². The second-order valence-corrected chi connectivity index (χ2v) is 5.46. The summed E-state index contributed by atoms with van der Waals surface area (Å²) in [5.41, 5.74) is 1.38. The Kier molecular flexibility index (Phi) is 5.00. The van der Waals surface area contributed by atoms with Crippen LogP contribution in [0.15, 0.2) is 54.6 Å². The second-order valence-electron chi connectivity index (χ2n) is 5.46. The second kappa shape index (κ2) is 7.35. The minimum Gasteiger partial charge on any atom is -0.379 e. The zero-order chi connectivity index (χ0) is 16.1. The number of anilines is 1. The molecule has 1 aliphatic heterocycles. The minimum atomic E-state index is -0.414. The van der Waals surface area contributed by atoms with Gasteiger partial charge >= 0.3 is 0 Å². The highest BCUT2D eigenvalue weighted by Gasteiger charge is 2.29. The summed E-state index contributed by atoms with van der Waals surface area (Å²) < 4.78 is 18.7. The Bertz CT molecular complexity index is 657. The molecule has 0 saturated carbocycles. The van der Waals surface area contributed by atoms with Gasteiger partial charge in [-0.25, -0.2) is 4.39 Å². The SMILES string of the molecule is O=C(Nc1cccc(F)c1)[C@H](c1ccccc1)N1CCOCC1. The van der Waals surface area contributed by atoms with Gasteiger partial charge in [0.2, 0.25) is 5.91 Å². The zero-order valence-electron chi connectivity index (χ0n) is 12.7. The molecular formula is C18H19FN2O2. The van der Waals surface area contributed by atoms with Crippen LogP contribution < -0.4 is 5.32 Å². The normalized spacial score (nSPS) is 16.7. The van der Waals surface area contributed by atoms with Crippen molar-refractivity contribution in [3.8, 4) is 0 Å². The summed E-state index contributed by atoms with van der Waals surface area (Å²) in [6, 6.07) is 15.1. The van der Waals surface area contributed by atoms with Crippen molar-refractivity contribution >= 4 is 11.6 Å². The number of amides is 1. The smallest absolute Gasteiger partial charge is 0.246 e. The van der Waals surface area contributed by atoms with Crippen LogP contribution in [0.2, 0.25) is 0 Å². The van der Waals surface area contributed by atoms with Crippen molar-refractivity contribution in [2.75, 3.05) is 31.6 Å². The van der Waals surface area contributed by atoms with Crippen LogP contribution in [0.1, 0.15) is 11.6 Å². The van der Waals surface area contributed by atoms with E-state index in [9.17, 15) is 9.18 Å². The zero-order valence-corrected chi connectivity index (χ0v) is 12.7. The molecule has 1 saturated heterocycles. The number of hydrogen-bond acceptors (Lipinski definition) is 3. The van der Waals surface area contributed by atoms with Crippen molar-refractivity contribution in [1.82, 2.24) is 4.90 Å². The standard InChI is InChI=1S/C18H19FN2O2/c19-15-7-4-8-16(13-15)20-18(22)17(14-5-2-1-3-6-14)21-9-11-23-12-10-21/h1-8,13,17H,9-12H2,(H,20,22)/t17-/m0/s1. The number of hydrogen-bond donors (Lipinski definition) is 1. The molecule has 4 nitrogen and oxygen atoms in total. The van der Waals surface area contributed by atoms with E-state index < -0.39 is 6.04 Å². The van der Waals surface area contributed by atoms with Crippen molar-refractivity contribution in [1.29, 1.82) is 0 Å². The lowest BCUT2D eigenvalue weighted by atomic mass is 10.0. The number of benzene rings is 2. The van der Waals surface area contributed by atoms with Crippen LogP contribution in [0.4, 0.5) is 10.1 Å². The van der Waals surface area contributed by atoms with Crippen LogP contribution in [0, 0.1) is 5.82 Å². The van der Waals surface area contributed by atoms with Gasteiger partial charge in [0.05, 0.1) is 13.2 Å². The van der Waals surface area contributed by atoms with E-state index in [1.54, 1.807) is 12.1 Å². The van der Waals surface area contributed by atoms with Crippen LogP contribution >= 0.6 is 0 Å². The van der Waals surface area contributed by atoms with E-state index in [0.29, 0.717) is 32.0 Å². The third-order valence-electron chi connectivity index (χ3n) is 3.87. The lowest BCUT2D eigenvalue weighted by Gasteiger charge is -2.33. The molecule has 0 bridgehead atoms. The summed E-state index contributed by atoms with van der Waals surface area (Å²) in [6.07, 6.45) is 0. The molecule has 1 aliphatic rings. The van der Waals surface area contributed by atoms with Gasteiger partial charge in [-0.3, -0.25) is 9.69 Å². The maximum atomic E-state index is 13.3. The van der Waals surface area contributed by atoms with Crippen LogP contribution in [-0.2, 0) is 9.53 Å². The Hall–Kier alpha value is -2.24. The summed E-state index contributed by atoms with van der Waals surface area (Å²) in [6.45, 7) is 2.60. The Morgan fingerprint density at radius 3 is 2.52 bits per heavy atom. The summed E-state index contributed by atoms with van der Waals surface area (Å²) in [4.78, 5) is 14.9. The lowest BCUT2D eigenvalue weighted by molar-refractivity contribution is -0.123. The van der Waals surface area contributed by atoms with Gasteiger partial charge in [-0.2, -0.15) is 0 Å². The fraction of sp³-hybridized carbons (Fsp3) is 0.278. The van der Waals surface area contributed by atoms with Crippen LogP contribution in [0.3, 0.4) is 0 Å². The summed E-state index contributed by atoms with van der Waals surface area (Å²) in [7, 11) is 0. The van der Waals surface area contributed by atoms with Crippen LogP contribution in [-0.4, -0.2) is 37.1 Å². The number of nitrogens with one attached hydrogen (secondary N) is 1. The van der Waals surface area contributed by atoms with Gasteiger partial charge in [0.1, 0.15) is 11.9 Å². The van der Waals surface area contributed by atoms with Crippen molar-refractivity contribution in [3.63, 3.8) is 0 Å². The Labute approximate surface area is 134 Å². The van der Waals surface area contributed by atoms with Crippen LogP contribution in [0.25, 0.3) is 0 Å². The molecule has 1 N–H and O–H groups in total. The Morgan fingerprint density at radius 1 is 1.09 bits per heavy atom. The highest BCUT2D eigenvalue weighted by molar-refractivity contribution is 5.95. The first kappa shape index (κ1) is 15.6. The first-order valence-electron chi connectivity index (χ1n) is 7.67. The van der Waals surface area contributed by atoms with Gasteiger partial charge in [0, 0.05) is 18.8 Å². The van der Waals surface area contributed by atoms with Gasteiger partial charge in [-0.05, 0) is 23.8 Å². The number of rotatable bonds is 4. The van der Waals surface area contributed by atoms with Gasteiger partial charge in [0.15, 0.2) is 0 Å². The monoisotopic (exact) mass is 314 g/mol. The molecule has 1 fully saturated rings. The average Bonchev–Trinajstić information content (AvgIpc) is 2.57. The van der Waals surface area contributed by atoms with Crippen molar-refractivity contribution < 1.29 is 13.9 Å². The largest absolute Gasteiger partial charge is 0.379 e. The molecule has 0 aromatic heterocycles. The first-order valence-corrected chi connectivity index (χ1v) is 7.67. The van der Waals surface area contributed by atoms with Gasteiger partial charge in [-0.1, -0.05) is 36.4 Å². The summed E-state index contributed by atoms with van der Waals surface area (Å²) in [5, 5.41) is 2.82. The molecule has 3 rings (SSSR count). The summed E-state index contributed by atoms with van der Waals surface area (Å²) >= 11 is 0. The van der Waals surface area contributed by atoms with Crippen LogP contribution in [0.5, 0.6) is 0 Å². The number of morpholine rings is 1. The van der Waals surface area contributed by atoms with E-state index in [1.807, 2.05) is 30.3 Å². The Balaban J connectivity index is 1.83. The fourth-order valence-corrected chi connectivity index (χ4v) is 2.78. The number of halogens is 1. The highest BCUT2D eigenvalue weighted by atomic mass is 19.1. The quantitative estimate of drug-likeness (QED) is 0.943. The average molecular weight is 314 g/mol. The third kappa shape index (κ3) is 3.94. The molecule has 2 aromatic carbocycles. The van der Waals surface area contributed by atoms with Crippen molar-refractivity contribution in [3.05, 3.63) is 66.0 Å². The first-order chi connectivity index (χ1) is 11.2. The van der Waals surface area contributed by atoms with E-state index in [2.05, 4.69) is 10.2 Å². The molecule has 1 heterocycles. The molecule has 0 unspecified atom stereocenters. The third-order valence-corrected chi connectivity index (χ3v) is 3.87. The molecule has 120 valence electrons. The molecule has 0 aliphatic carbocycles. The summed E-state index contributed by atoms with van der Waals surface area (Å²) in [5.74, 6) is -0.533. The molecule has 0 radical (unpaired) electrons.